The zero-order valence-corrected chi connectivity index (χ0v) is 12.9. The summed E-state index contributed by atoms with van der Waals surface area (Å²) in [6, 6.07) is 9.46. The van der Waals surface area contributed by atoms with Crippen LogP contribution in [0.3, 0.4) is 0 Å². The number of carbonyl (C=O) groups excluding carboxylic acids is 2. The SMILES string of the molecule is O=C1CC[C@H]2CN(C(=O)c3ccc(Cl)cc3F)c3cccc1c32. The molecule has 0 unspecified atom stereocenters. The maximum absolute atomic E-state index is 14.1. The second kappa shape index (κ2) is 5.17. The van der Waals surface area contributed by atoms with Crippen LogP contribution in [0.15, 0.2) is 36.4 Å². The molecule has 0 bridgehead atoms. The molecule has 1 aliphatic heterocycles. The van der Waals surface area contributed by atoms with Crippen molar-refractivity contribution < 1.29 is 14.0 Å². The largest absolute Gasteiger partial charge is 0.307 e. The minimum absolute atomic E-state index is 0.00280. The van der Waals surface area contributed by atoms with Gasteiger partial charge in [0.15, 0.2) is 5.78 Å². The highest BCUT2D eigenvalue weighted by atomic mass is 35.5. The first-order chi connectivity index (χ1) is 11.1. The van der Waals surface area contributed by atoms with Gasteiger partial charge in [0.2, 0.25) is 0 Å². The minimum atomic E-state index is -0.630. The number of rotatable bonds is 1. The quantitative estimate of drug-likeness (QED) is 0.786. The summed E-state index contributed by atoms with van der Waals surface area (Å²) in [5.41, 5.74) is 2.36. The highest BCUT2D eigenvalue weighted by molar-refractivity contribution is 6.30. The second-order valence-corrected chi connectivity index (χ2v) is 6.37. The molecule has 1 aliphatic carbocycles. The van der Waals surface area contributed by atoms with E-state index in [0.29, 0.717) is 18.5 Å². The first-order valence-corrected chi connectivity index (χ1v) is 7.87. The maximum Gasteiger partial charge on any atom is 0.261 e. The number of amides is 1. The van der Waals surface area contributed by atoms with E-state index in [0.717, 1.165) is 23.7 Å². The Labute approximate surface area is 137 Å². The first-order valence-electron chi connectivity index (χ1n) is 7.49. The van der Waals surface area contributed by atoms with Crippen molar-refractivity contribution in [3.05, 3.63) is 63.9 Å². The molecule has 2 aromatic carbocycles. The van der Waals surface area contributed by atoms with E-state index in [9.17, 15) is 14.0 Å². The van der Waals surface area contributed by atoms with Crippen molar-refractivity contribution >= 4 is 29.0 Å². The number of carbonyl (C=O) groups is 2. The molecule has 1 amide bonds. The van der Waals surface area contributed by atoms with Crippen LogP contribution in [-0.2, 0) is 0 Å². The van der Waals surface area contributed by atoms with Crippen LogP contribution in [0.25, 0.3) is 0 Å². The third-order valence-corrected chi connectivity index (χ3v) is 4.85. The standard InChI is InChI=1S/C18H13ClFNO2/c19-11-5-6-12(14(20)8-11)18(23)21-9-10-4-7-16(22)13-2-1-3-15(21)17(10)13/h1-3,5-6,8,10H,4,7,9H2/t10-/m0/s1. The predicted octanol–water partition coefficient (Wildman–Crippen LogP) is 4.20. The number of nitrogens with zero attached hydrogens (tertiary/aromatic N) is 1. The summed E-state index contributed by atoms with van der Waals surface area (Å²) in [5, 5.41) is 0.254. The Morgan fingerprint density at radius 2 is 2.09 bits per heavy atom. The molecule has 0 saturated heterocycles. The fourth-order valence-electron chi connectivity index (χ4n) is 3.55. The second-order valence-electron chi connectivity index (χ2n) is 5.94. The smallest absolute Gasteiger partial charge is 0.261 e. The zero-order valence-electron chi connectivity index (χ0n) is 12.2. The Morgan fingerprint density at radius 3 is 2.87 bits per heavy atom. The molecule has 2 aliphatic rings. The van der Waals surface area contributed by atoms with Gasteiger partial charge in [0, 0.05) is 35.2 Å². The molecule has 2 aromatic rings. The normalized spacial score (nSPS) is 19.0. The van der Waals surface area contributed by atoms with E-state index in [4.69, 9.17) is 11.6 Å². The number of Topliss-reactive ketones (excluding diaryl/α,β-unsaturated/α-hetero) is 1. The van der Waals surface area contributed by atoms with Gasteiger partial charge in [-0.1, -0.05) is 23.7 Å². The monoisotopic (exact) mass is 329 g/mol. The fraction of sp³-hybridized carbons (Fsp3) is 0.222. The van der Waals surface area contributed by atoms with Crippen molar-refractivity contribution in [2.45, 2.75) is 18.8 Å². The lowest BCUT2D eigenvalue weighted by Crippen LogP contribution is -2.30. The number of halogens is 2. The lowest BCUT2D eigenvalue weighted by atomic mass is 9.83. The van der Waals surface area contributed by atoms with Crippen molar-refractivity contribution in [2.75, 3.05) is 11.4 Å². The third kappa shape index (κ3) is 2.17. The molecule has 116 valence electrons. The molecular weight excluding hydrogens is 317 g/mol. The van der Waals surface area contributed by atoms with Gasteiger partial charge >= 0.3 is 0 Å². The molecule has 4 rings (SSSR count). The molecule has 0 fully saturated rings. The highest BCUT2D eigenvalue weighted by Crippen LogP contribution is 2.44. The van der Waals surface area contributed by atoms with E-state index < -0.39 is 11.7 Å². The Balaban J connectivity index is 1.79. The van der Waals surface area contributed by atoms with Gasteiger partial charge < -0.3 is 4.90 Å². The van der Waals surface area contributed by atoms with Crippen LogP contribution in [0.4, 0.5) is 10.1 Å². The summed E-state index contributed by atoms with van der Waals surface area (Å²) in [5.74, 6) is -0.757. The predicted molar refractivity (Wildman–Crippen MR) is 85.8 cm³/mol. The van der Waals surface area contributed by atoms with Crippen LogP contribution < -0.4 is 4.90 Å². The van der Waals surface area contributed by atoms with Crippen LogP contribution >= 0.6 is 11.6 Å². The maximum atomic E-state index is 14.1. The van der Waals surface area contributed by atoms with Gasteiger partial charge in [-0.15, -0.1) is 0 Å². The van der Waals surface area contributed by atoms with E-state index in [-0.39, 0.29) is 22.3 Å². The molecule has 0 N–H and O–H groups in total. The van der Waals surface area contributed by atoms with Crippen molar-refractivity contribution in [1.82, 2.24) is 0 Å². The summed E-state index contributed by atoms with van der Waals surface area (Å²) >= 11 is 5.75. The molecule has 3 nitrogen and oxygen atoms in total. The minimum Gasteiger partial charge on any atom is -0.307 e. The zero-order chi connectivity index (χ0) is 16.1. The van der Waals surface area contributed by atoms with Gasteiger partial charge in [0.1, 0.15) is 5.82 Å². The van der Waals surface area contributed by atoms with Gasteiger partial charge in [-0.3, -0.25) is 9.59 Å². The van der Waals surface area contributed by atoms with E-state index in [1.165, 1.54) is 12.1 Å². The molecule has 0 aromatic heterocycles. The van der Waals surface area contributed by atoms with Crippen molar-refractivity contribution in [3.63, 3.8) is 0 Å². The molecule has 0 spiro atoms. The first kappa shape index (κ1) is 14.4. The molecular formula is C18H13ClFNO2. The molecule has 0 radical (unpaired) electrons. The third-order valence-electron chi connectivity index (χ3n) is 4.61. The number of anilines is 1. The van der Waals surface area contributed by atoms with Crippen LogP contribution in [0, 0.1) is 5.82 Å². The molecule has 5 heteroatoms. The van der Waals surface area contributed by atoms with Crippen molar-refractivity contribution in [1.29, 1.82) is 0 Å². The molecule has 0 saturated carbocycles. The average Bonchev–Trinajstić information content (AvgIpc) is 2.91. The number of benzene rings is 2. The molecule has 23 heavy (non-hydrogen) atoms. The van der Waals surface area contributed by atoms with Crippen LogP contribution in [0.1, 0.15) is 45.0 Å². The lowest BCUT2D eigenvalue weighted by Gasteiger charge is -2.18. The van der Waals surface area contributed by atoms with Gasteiger partial charge in [-0.25, -0.2) is 4.39 Å². The number of hydrogen-bond acceptors (Lipinski definition) is 2. The summed E-state index contributed by atoms with van der Waals surface area (Å²) in [6.45, 7) is 0.487. The Bertz CT molecular complexity index is 849. The van der Waals surface area contributed by atoms with Gasteiger partial charge in [0.25, 0.3) is 5.91 Å². The summed E-state index contributed by atoms with van der Waals surface area (Å²) in [6.07, 6.45) is 1.23. The average molecular weight is 330 g/mol. The molecule has 1 heterocycles. The lowest BCUT2D eigenvalue weighted by molar-refractivity contribution is 0.0968. The Hall–Kier alpha value is -2.20. The highest BCUT2D eigenvalue weighted by Gasteiger charge is 2.38. The van der Waals surface area contributed by atoms with Crippen molar-refractivity contribution in [2.24, 2.45) is 0 Å². The topological polar surface area (TPSA) is 37.4 Å². The van der Waals surface area contributed by atoms with E-state index >= 15 is 0 Å². The number of ketones is 1. The van der Waals surface area contributed by atoms with Crippen LogP contribution in [0.2, 0.25) is 5.02 Å². The Kier molecular flexibility index (Phi) is 3.23. The van der Waals surface area contributed by atoms with Crippen LogP contribution in [-0.4, -0.2) is 18.2 Å². The summed E-state index contributed by atoms with van der Waals surface area (Å²) < 4.78 is 14.1. The molecule has 1 atom stereocenters. The fourth-order valence-corrected chi connectivity index (χ4v) is 3.71. The number of hydrogen-bond donors (Lipinski definition) is 0. The van der Waals surface area contributed by atoms with Gasteiger partial charge in [-0.2, -0.15) is 0 Å². The van der Waals surface area contributed by atoms with E-state index in [2.05, 4.69) is 0 Å². The Morgan fingerprint density at radius 1 is 1.26 bits per heavy atom. The van der Waals surface area contributed by atoms with E-state index in [1.807, 2.05) is 12.1 Å². The van der Waals surface area contributed by atoms with Crippen molar-refractivity contribution in [3.8, 4) is 0 Å². The summed E-state index contributed by atoms with van der Waals surface area (Å²) in [4.78, 5) is 26.4. The summed E-state index contributed by atoms with van der Waals surface area (Å²) in [7, 11) is 0. The van der Waals surface area contributed by atoms with Crippen LogP contribution in [0.5, 0.6) is 0 Å². The van der Waals surface area contributed by atoms with Gasteiger partial charge in [-0.05, 0) is 36.2 Å². The van der Waals surface area contributed by atoms with Gasteiger partial charge in [0.05, 0.1) is 5.56 Å². The van der Waals surface area contributed by atoms with E-state index in [1.54, 1.807) is 11.0 Å².